The highest BCUT2D eigenvalue weighted by Gasteiger charge is 2.27. The molecule has 4 nitrogen and oxygen atoms in total. The molecule has 2 heterocycles. The number of nitrogens with two attached hydrogens (primary N) is 1. The molecule has 16 heavy (non-hydrogen) atoms. The van der Waals surface area contributed by atoms with Gasteiger partial charge in [0.05, 0.1) is 11.9 Å². The molecule has 1 saturated carbocycles. The Bertz CT molecular complexity index is 507. The van der Waals surface area contributed by atoms with Crippen molar-refractivity contribution in [2.24, 2.45) is 0 Å². The van der Waals surface area contributed by atoms with Gasteiger partial charge >= 0.3 is 0 Å². The molecule has 0 spiro atoms. The van der Waals surface area contributed by atoms with Crippen molar-refractivity contribution in [3.63, 3.8) is 0 Å². The highest BCUT2D eigenvalue weighted by molar-refractivity contribution is 8.01. The van der Waals surface area contributed by atoms with E-state index in [9.17, 15) is 0 Å². The average molecular weight is 250 g/mol. The first-order chi connectivity index (χ1) is 7.83. The summed E-state index contributed by atoms with van der Waals surface area (Å²) in [6.07, 6.45) is 5.86. The number of rotatable bonds is 3. The van der Waals surface area contributed by atoms with Gasteiger partial charge in [0.25, 0.3) is 0 Å². The average Bonchev–Trinajstić information content (AvgIpc) is 3.03. The fourth-order valence-electron chi connectivity index (χ4n) is 1.35. The van der Waals surface area contributed by atoms with Crippen LogP contribution in [-0.4, -0.2) is 14.3 Å². The summed E-state index contributed by atoms with van der Waals surface area (Å²) < 4.78 is 5.32. The highest BCUT2D eigenvalue weighted by Crippen LogP contribution is 2.41. The van der Waals surface area contributed by atoms with E-state index in [1.54, 1.807) is 24.2 Å². The minimum atomic E-state index is 0.611. The molecule has 0 atom stereocenters. The number of hydrogen-bond acceptors (Lipinski definition) is 6. The van der Waals surface area contributed by atoms with Crippen molar-refractivity contribution in [1.82, 2.24) is 14.3 Å². The van der Waals surface area contributed by atoms with Crippen molar-refractivity contribution in [2.75, 3.05) is 5.73 Å². The quantitative estimate of drug-likeness (QED) is 0.907. The lowest BCUT2D eigenvalue weighted by Gasteiger charge is -1.99. The summed E-state index contributed by atoms with van der Waals surface area (Å²) in [5.74, 6) is 1.61. The fraction of sp³-hybridized carbons (Fsp3) is 0.300. The van der Waals surface area contributed by atoms with Gasteiger partial charge in [-0.3, -0.25) is 4.98 Å². The lowest BCUT2D eigenvalue weighted by atomic mass is 10.4. The van der Waals surface area contributed by atoms with Gasteiger partial charge in [0.1, 0.15) is 5.82 Å². The number of anilines is 1. The molecule has 1 aliphatic rings. The predicted octanol–water partition coefficient (Wildman–Crippen LogP) is 2.54. The summed E-state index contributed by atoms with van der Waals surface area (Å²) in [5, 5.41) is 0. The molecule has 1 aliphatic carbocycles. The maximum absolute atomic E-state index is 5.82. The highest BCUT2D eigenvalue weighted by atomic mass is 32.2. The summed E-state index contributed by atoms with van der Waals surface area (Å²) >= 11 is 3.01. The molecule has 82 valence electrons. The monoisotopic (exact) mass is 250 g/mol. The zero-order valence-corrected chi connectivity index (χ0v) is 10.1. The zero-order valence-electron chi connectivity index (χ0n) is 8.46. The van der Waals surface area contributed by atoms with Crippen LogP contribution < -0.4 is 5.73 Å². The number of aromatic nitrogens is 3. The van der Waals surface area contributed by atoms with E-state index in [0.29, 0.717) is 11.6 Å². The summed E-state index contributed by atoms with van der Waals surface area (Å²) in [4.78, 5) is 9.46. The van der Waals surface area contributed by atoms with Crippen LogP contribution in [0.2, 0.25) is 0 Å². The SMILES string of the molecule is Nc1cnccc1Sc1nc(C2CC2)ns1. The van der Waals surface area contributed by atoms with Crippen LogP contribution in [0.4, 0.5) is 5.69 Å². The van der Waals surface area contributed by atoms with E-state index in [-0.39, 0.29) is 0 Å². The first kappa shape index (κ1) is 10.0. The Balaban J connectivity index is 1.80. The van der Waals surface area contributed by atoms with Gasteiger partial charge in [0, 0.05) is 17.0 Å². The molecule has 6 heteroatoms. The van der Waals surface area contributed by atoms with Crippen LogP contribution in [0.15, 0.2) is 27.7 Å². The second-order valence-electron chi connectivity index (χ2n) is 3.71. The molecular weight excluding hydrogens is 240 g/mol. The van der Waals surface area contributed by atoms with Crippen LogP contribution in [0.3, 0.4) is 0 Å². The minimum Gasteiger partial charge on any atom is -0.397 e. The summed E-state index contributed by atoms with van der Waals surface area (Å²) in [6, 6.07) is 1.90. The van der Waals surface area contributed by atoms with E-state index >= 15 is 0 Å². The minimum absolute atomic E-state index is 0.611. The van der Waals surface area contributed by atoms with Crippen LogP contribution in [0, 0.1) is 0 Å². The van der Waals surface area contributed by atoms with E-state index in [1.807, 2.05) is 6.07 Å². The van der Waals surface area contributed by atoms with Gasteiger partial charge in [0.15, 0.2) is 4.34 Å². The molecular formula is C10H10N4S2. The Kier molecular flexibility index (Phi) is 2.53. The molecule has 0 bridgehead atoms. The van der Waals surface area contributed by atoms with Gasteiger partial charge < -0.3 is 5.73 Å². The number of pyridine rings is 1. The molecule has 2 aromatic heterocycles. The number of hydrogen-bond donors (Lipinski definition) is 1. The molecule has 0 amide bonds. The van der Waals surface area contributed by atoms with Crippen molar-refractivity contribution >= 4 is 29.0 Å². The Morgan fingerprint density at radius 2 is 2.31 bits per heavy atom. The fourth-order valence-corrected chi connectivity index (χ4v) is 3.00. The third kappa shape index (κ3) is 2.03. The van der Waals surface area contributed by atoms with Crippen molar-refractivity contribution in [3.05, 3.63) is 24.3 Å². The second-order valence-corrected chi connectivity index (χ2v) is 5.75. The normalized spacial score (nSPS) is 15.2. The topological polar surface area (TPSA) is 64.7 Å². The molecule has 1 fully saturated rings. The van der Waals surface area contributed by atoms with Crippen LogP contribution in [0.25, 0.3) is 0 Å². The molecule has 2 aromatic rings. The van der Waals surface area contributed by atoms with Gasteiger partial charge in [-0.15, -0.1) is 0 Å². The smallest absolute Gasteiger partial charge is 0.174 e. The van der Waals surface area contributed by atoms with Gasteiger partial charge in [-0.2, -0.15) is 4.37 Å². The summed E-state index contributed by atoms with van der Waals surface area (Å²) in [5.41, 5.74) is 6.51. The van der Waals surface area contributed by atoms with E-state index in [0.717, 1.165) is 15.1 Å². The molecule has 0 radical (unpaired) electrons. The Hall–Kier alpha value is -1.14. The second kappa shape index (κ2) is 4.03. The Labute approximate surface area is 101 Å². The zero-order chi connectivity index (χ0) is 11.0. The molecule has 0 unspecified atom stereocenters. The number of nitrogen functional groups attached to an aromatic ring is 1. The van der Waals surface area contributed by atoms with E-state index in [1.165, 1.54) is 24.4 Å². The molecule has 2 N–H and O–H groups in total. The van der Waals surface area contributed by atoms with Crippen LogP contribution >= 0.6 is 23.3 Å². The van der Waals surface area contributed by atoms with Crippen molar-refractivity contribution in [1.29, 1.82) is 0 Å². The summed E-state index contributed by atoms with van der Waals surface area (Å²) in [7, 11) is 0. The maximum atomic E-state index is 5.82. The molecule has 0 aromatic carbocycles. The number of nitrogens with zero attached hydrogens (tertiary/aromatic N) is 3. The van der Waals surface area contributed by atoms with Gasteiger partial charge in [0.2, 0.25) is 0 Å². The molecule has 0 saturated heterocycles. The van der Waals surface area contributed by atoms with Crippen LogP contribution in [-0.2, 0) is 0 Å². The first-order valence-corrected chi connectivity index (χ1v) is 6.63. The van der Waals surface area contributed by atoms with E-state index in [2.05, 4.69) is 14.3 Å². The standard InChI is InChI=1S/C10H10N4S2/c11-7-5-12-4-3-8(7)15-10-13-9(14-16-10)6-1-2-6/h3-6H,1-2,11H2. The van der Waals surface area contributed by atoms with Crippen molar-refractivity contribution < 1.29 is 0 Å². The van der Waals surface area contributed by atoms with Gasteiger partial charge in [-0.25, -0.2) is 4.98 Å². The third-order valence-corrected chi connectivity index (χ3v) is 4.23. The van der Waals surface area contributed by atoms with E-state index in [4.69, 9.17) is 5.73 Å². The lowest BCUT2D eigenvalue weighted by Crippen LogP contribution is -1.88. The van der Waals surface area contributed by atoms with Crippen LogP contribution in [0.5, 0.6) is 0 Å². The third-order valence-electron chi connectivity index (χ3n) is 2.37. The largest absolute Gasteiger partial charge is 0.397 e. The molecule has 3 rings (SSSR count). The van der Waals surface area contributed by atoms with Gasteiger partial charge in [-0.1, -0.05) is 11.8 Å². The Morgan fingerprint density at radius 3 is 3.06 bits per heavy atom. The van der Waals surface area contributed by atoms with Crippen molar-refractivity contribution in [3.8, 4) is 0 Å². The first-order valence-electron chi connectivity index (χ1n) is 5.04. The maximum Gasteiger partial charge on any atom is 0.174 e. The van der Waals surface area contributed by atoms with Gasteiger partial charge in [-0.05, 0) is 30.4 Å². The summed E-state index contributed by atoms with van der Waals surface area (Å²) in [6.45, 7) is 0. The predicted molar refractivity (Wildman–Crippen MR) is 64.7 cm³/mol. The van der Waals surface area contributed by atoms with Crippen molar-refractivity contribution in [2.45, 2.75) is 28.0 Å². The molecule has 0 aliphatic heterocycles. The van der Waals surface area contributed by atoms with Crippen LogP contribution in [0.1, 0.15) is 24.6 Å². The Morgan fingerprint density at radius 1 is 1.44 bits per heavy atom. The van der Waals surface area contributed by atoms with E-state index < -0.39 is 0 Å². The lowest BCUT2D eigenvalue weighted by molar-refractivity contribution is 0.958.